The molecule has 2 fully saturated rings. The summed E-state index contributed by atoms with van der Waals surface area (Å²) in [6, 6.07) is 2.56. The van der Waals surface area contributed by atoms with Crippen molar-refractivity contribution in [3.8, 4) is 6.07 Å². The number of nitrogens with one attached hydrogen (secondary N) is 1. The standard InChI is InChI=1S/C12H21N3/c1-10(2)7-14-12(9-13)4-6-15-5-3-11(12)8-15/h10-11,14H,3-8H2,1-2H3. The normalized spacial score (nSPS) is 39.3. The Morgan fingerprint density at radius 2 is 2.33 bits per heavy atom. The molecule has 3 heteroatoms. The topological polar surface area (TPSA) is 39.1 Å². The van der Waals surface area contributed by atoms with Gasteiger partial charge in [0.15, 0.2) is 0 Å². The molecule has 0 amide bonds. The maximum absolute atomic E-state index is 9.44. The first kappa shape index (κ1) is 10.9. The number of nitrogens with zero attached hydrogens (tertiary/aromatic N) is 2. The van der Waals surface area contributed by atoms with Crippen LogP contribution in [0, 0.1) is 23.2 Å². The summed E-state index contributed by atoms with van der Waals surface area (Å²) >= 11 is 0. The molecule has 2 aliphatic rings. The summed E-state index contributed by atoms with van der Waals surface area (Å²) in [4.78, 5) is 2.48. The maximum atomic E-state index is 9.44. The van der Waals surface area contributed by atoms with Gasteiger partial charge < -0.3 is 4.90 Å². The summed E-state index contributed by atoms with van der Waals surface area (Å²) in [6.45, 7) is 8.76. The quantitative estimate of drug-likeness (QED) is 0.756. The first-order valence-corrected chi connectivity index (χ1v) is 6.05. The minimum Gasteiger partial charge on any atom is -0.303 e. The molecule has 2 bridgehead atoms. The fourth-order valence-electron chi connectivity index (χ4n) is 2.78. The third kappa shape index (κ3) is 2.02. The van der Waals surface area contributed by atoms with Crippen molar-refractivity contribution in [2.75, 3.05) is 26.2 Å². The molecular formula is C12H21N3. The van der Waals surface area contributed by atoms with Crippen LogP contribution in [0.5, 0.6) is 0 Å². The van der Waals surface area contributed by atoms with E-state index in [0.29, 0.717) is 11.8 Å². The molecule has 2 rings (SSSR count). The molecule has 0 aromatic heterocycles. The molecular weight excluding hydrogens is 186 g/mol. The van der Waals surface area contributed by atoms with Crippen LogP contribution in [0.15, 0.2) is 0 Å². The predicted octanol–water partition coefficient (Wildman–Crippen LogP) is 1.22. The highest BCUT2D eigenvalue weighted by molar-refractivity contribution is 5.15. The molecule has 15 heavy (non-hydrogen) atoms. The largest absolute Gasteiger partial charge is 0.303 e. The van der Waals surface area contributed by atoms with Crippen LogP contribution >= 0.6 is 0 Å². The Bertz CT molecular complexity index is 269. The lowest BCUT2D eigenvalue weighted by atomic mass is 9.79. The zero-order valence-corrected chi connectivity index (χ0v) is 9.79. The van der Waals surface area contributed by atoms with Crippen LogP contribution in [0.4, 0.5) is 0 Å². The molecule has 0 spiro atoms. The molecule has 3 atom stereocenters. The number of nitriles is 1. The highest BCUT2D eigenvalue weighted by Crippen LogP contribution is 2.35. The fourth-order valence-corrected chi connectivity index (χ4v) is 2.78. The fraction of sp³-hybridized carbons (Fsp3) is 0.917. The summed E-state index contributed by atoms with van der Waals surface area (Å²) in [5.41, 5.74) is -0.225. The first-order chi connectivity index (χ1) is 7.16. The van der Waals surface area contributed by atoms with Crippen LogP contribution in [-0.2, 0) is 0 Å². The number of fused-ring (bicyclic) bond motifs is 2. The van der Waals surface area contributed by atoms with Crippen LogP contribution in [-0.4, -0.2) is 36.6 Å². The van der Waals surface area contributed by atoms with E-state index in [-0.39, 0.29) is 5.54 Å². The van der Waals surface area contributed by atoms with Crippen molar-refractivity contribution in [2.45, 2.75) is 32.2 Å². The minimum atomic E-state index is -0.225. The van der Waals surface area contributed by atoms with Gasteiger partial charge in [0.1, 0.15) is 5.54 Å². The minimum absolute atomic E-state index is 0.225. The van der Waals surface area contributed by atoms with Crippen molar-refractivity contribution in [2.24, 2.45) is 11.8 Å². The van der Waals surface area contributed by atoms with Crippen LogP contribution in [0.2, 0.25) is 0 Å². The van der Waals surface area contributed by atoms with E-state index in [1.165, 1.54) is 13.0 Å². The van der Waals surface area contributed by atoms with Gasteiger partial charge in [-0.25, -0.2) is 0 Å². The molecule has 0 aromatic carbocycles. The lowest BCUT2D eigenvalue weighted by molar-refractivity contribution is 0.171. The maximum Gasteiger partial charge on any atom is 0.112 e. The van der Waals surface area contributed by atoms with Gasteiger partial charge >= 0.3 is 0 Å². The molecule has 3 nitrogen and oxygen atoms in total. The third-order valence-corrected chi connectivity index (χ3v) is 3.82. The van der Waals surface area contributed by atoms with E-state index in [9.17, 15) is 5.26 Å². The summed E-state index contributed by atoms with van der Waals surface area (Å²) in [7, 11) is 0. The Balaban J connectivity index is 2.04. The highest BCUT2D eigenvalue weighted by atomic mass is 15.2. The number of piperidine rings is 1. The van der Waals surface area contributed by atoms with Crippen LogP contribution in [0.25, 0.3) is 0 Å². The van der Waals surface area contributed by atoms with Gasteiger partial charge in [0.2, 0.25) is 0 Å². The molecule has 0 aromatic rings. The van der Waals surface area contributed by atoms with Gasteiger partial charge in [0, 0.05) is 19.0 Å². The second-order valence-corrected chi connectivity index (χ2v) is 5.39. The van der Waals surface area contributed by atoms with Gasteiger partial charge in [-0.3, -0.25) is 5.32 Å². The second kappa shape index (κ2) is 4.11. The van der Waals surface area contributed by atoms with Crippen molar-refractivity contribution in [1.29, 1.82) is 5.26 Å². The van der Waals surface area contributed by atoms with E-state index in [1.54, 1.807) is 0 Å². The number of hydrogen-bond donors (Lipinski definition) is 1. The first-order valence-electron chi connectivity index (χ1n) is 6.05. The van der Waals surface area contributed by atoms with Crippen molar-refractivity contribution in [3.63, 3.8) is 0 Å². The molecule has 0 aliphatic carbocycles. The lowest BCUT2D eigenvalue weighted by Gasteiger charge is -2.38. The van der Waals surface area contributed by atoms with Gasteiger partial charge in [-0.15, -0.1) is 0 Å². The monoisotopic (exact) mass is 207 g/mol. The Kier molecular flexibility index (Phi) is 2.99. The van der Waals surface area contributed by atoms with E-state index < -0.39 is 0 Å². The van der Waals surface area contributed by atoms with Crippen LogP contribution in [0.3, 0.4) is 0 Å². The van der Waals surface area contributed by atoms with Crippen LogP contribution < -0.4 is 5.32 Å². The molecule has 2 aliphatic heterocycles. The van der Waals surface area contributed by atoms with Crippen LogP contribution in [0.1, 0.15) is 26.7 Å². The molecule has 3 unspecified atom stereocenters. The molecule has 84 valence electrons. The van der Waals surface area contributed by atoms with Gasteiger partial charge in [0.25, 0.3) is 0 Å². The van der Waals surface area contributed by atoms with Crippen molar-refractivity contribution in [3.05, 3.63) is 0 Å². The van der Waals surface area contributed by atoms with E-state index in [4.69, 9.17) is 0 Å². The zero-order chi connectivity index (χ0) is 10.9. The van der Waals surface area contributed by atoms with E-state index in [1.807, 2.05) is 0 Å². The van der Waals surface area contributed by atoms with E-state index in [0.717, 1.165) is 26.1 Å². The number of rotatable bonds is 3. The SMILES string of the molecule is CC(C)CNC1(C#N)CCN2CCC1C2. The average molecular weight is 207 g/mol. The summed E-state index contributed by atoms with van der Waals surface area (Å²) in [6.07, 6.45) is 2.19. The van der Waals surface area contributed by atoms with Crippen molar-refractivity contribution >= 4 is 0 Å². The molecule has 1 N–H and O–H groups in total. The number of hydrogen-bond acceptors (Lipinski definition) is 3. The Hall–Kier alpha value is -0.590. The van der Waals surface area contributed by atoms with E-state index >= 15 is 0 Å². The van der Waals surface area contributed by atoms with Gasteiger partial charge in [-0.05, 0) is 31.8 Å². The van der Waals surface area contributed by atoms with Crippen molar-refractivity contribution in [1.82, 2.24) is 10.2 Å². The van der Waals surface area contributed by atoms with Crippen molar-refractivity contribution < 1.29 is 0 Å². The van der Waals surface area contributed by atoms with E-state index in [2.05, 4.69) is 30.1 Å². The van der Waals surface area contributed by atoms with Gasteiger partial charge in [-0.1, -0.05) is 13.8 Å². The Morgan fingerprint density at radius 1 is 1.53 bits per heavy atom. The average Bonchev–Trinajstić information content (AvgIpc) is 2.63. The molecule has 0 saturated carbocycles. The van der Waals surface area contributed by atoms with Gasteiger partial charge in [-0.2, -0.15) is 5.26 Å². The smallest absolute Gasteiger partial charge is 0.112 e. The summed E-state index contributed by atoms with van der Waals surface area (Å²) < 4.78 is 0. The zero-order valence-electron chi connectivity index (χ0n) is 9.79. The Labute approximate surface area is 92.4 Å². The highest BCUT2D eigenvalue weighted by Gasteiger charge is 2.46. The summed E-state index contributed by atoms with van der Waals surface area (Å²) in [5.74, 6) is 1.17. The molecule has 0 radical (unpaired) electrons. The predicted molar refractivity (Wildman–Crippen MR) is 60.3 cm³/mol. The Morgan fingerprint density at radius 3 is 3.00 bits per heavy atom. The third-order valence-electron chi connectivity index (χ3n) is 3.82. The lowest BCUT2D eigenvalue weighted by Crippen LogP contribution is -2.56. The van der Waals surface area contributed by atoms with Gasteiger partial charge in [0.05, 0.1) is 6.07 Å². The summed E-state index contributed by atoms with van der Waals surface area (Å²) in [5, 5.41) is 13.0. The second-order valence-electron chi connectivity index (χ2n) is 5.39. The molecule has 2 saturated heterocycles. The molecule has 2 heterocycles.